The number of para-hydroxylation sites is 2. The molecule has 4 rings (SSSR count). The van der Waals surface area contributed by atoms with Gasteiger partial charge < -0.3 is 15.0 Å². The summed E-state index contributed by atoms with van der Waals surface area (Å²) in [5.74, 6) is 0.797. The molecule has 0 aliphatic carbocycles. The SMILES string of the molecule is COc1c(Cl)cc(C(=O)Nc2ccc(-c3nc4ccccc4[nH]3)cc2)cc1Cl. The Morgan fingerprint density at radius 1 is 1.04 bits per heavy atom. The van der Waals surface area contributed by atoms with E-state index in [1.807, 2.05) is 48.5 Å². The van der Waals surface area contributed by atoms with Gasteiger partial charge in [-0.3, -0.25) is 4.79 Å². The van der Waals surface area contributed by atoms with Gasteiger partial charge in [-0.15, -0.1) is 0 Å². The van der Waals surface area contributed by atoms with E-state index in [1.54, 1.807) is 0 Å². The van der Waals surface area contributed by atoms with Crippen LogP contribution < -0.4 is 10.1 Å². The molecule has 1 amide bonds. The molecule has 0 saturated carbocycles. The summed E-state index contributed by atoms with van der Waals surface area (Å²) in [5.41, 5.74) is 3.79. The summed E-state index contributed by atoms with van der Waals surface area (Å²) in [6.07, 6.45) is 0. The van der Waals surface area contributed by atoms with Crippen molar-refractivity contribution in [2.24, 2.45) is 0 Å². The van der Waals surface area contributed by atoms with E-state index >= 15 is 0 Å². The van der Waals surface area contributed by atoms with Crippen LogP contribution in [0, 0.1) is 0 Å². The molecule has 1 aromatic heterocycles. The van der Waals surface area contributed by atoms with Crippen LogP contribution in [0.4, 0.5) is 5.69 Å². The lowest BCUT2D eigenvalue weighted by molar-refractivity contribution is 0.102. The minimum atomic E-state index is -0.317. The fraction of sp³-hybridized carbons (Fsp3) is 0.0476. The van der Waals surface area contributed by atoms with E-state index in [0.717, 1.165) is 22.4 Å². The Labute approximate surface area is 171 Å². The number of carbonyl (C=O) groups excluding carboxylic acids is 1. The normalized spacial score (nSPS) is 10.8. The summed E-state index contributed by atoms with van der Waals surface area (Å²) in [6, 6.07) is 18.3. The molecule has 3 aromatic carbocycles. The van der Waals surface area contributed by atoms with Gasteiger partial charge in [0, 0.05) is 16.8 Å². The Bertz CT molecular complexity index is 1110. The summed E-state index contributed by atoms with van der Waals surface area (Å²) >= 11 is 12.2. The highest BCUT2D eigenvalue weighted by molar-refractivity contribution is 6.37. The lowest BCUT2D eigenvalue weighted by Crippen LogP contribution is -2.12. The van der Waals surface area contributed by atoms with Gasteiger partial charge in [-0.1, -0.05) is 35.3 Å². The monoisotopic (exact) mass is 411 g/mol. The van der Waals surface area contributed by atoms with E-state index in [9.17, 15) is 4.79 Å². The predicted octanol–water partition coefficient (Wildman–Crippen LogP) is 5.80. The zero-order valence-corrected chi connectivity index (χ0v) is 16.3. The van der Waals surface area contributed by atoms with Crippen LogP contribution in [-0.2, 0) is 0 Å². The molecule has 28 heavy (non-hydrogen) atoms. The number of aromatic nitrogens is 2. The highest BCUT2D eigenvalue weighted by atomic mass is 35.5. The first-order chi connectivity index (χ1) is 13.5. The van der Waals surface area contributed by atoms with E-state index in [2.05, 4.69) is 15.3 Å². The van der Waals surface area contributed by atoms with Crippen LogP contribution in [0.5, 0.6) is 5.75 Å². The Morgan fingerprint density at radius 3 is 2.36 bits per heavy atom. The highest BCUT2D eigenvalue weighted by Crippen LogP contribution is 2.34. The summed E-state index contributed by atoms with van der Waals surface area (Å²) in [6.45, 7) is 0. The summed E-state index contributed by atoms with van der Waals surface area (Å²) < 4.78 is 5.10. The minimum absolute atomic E-state index is 0.278. The van der Waals surface area contributed by atoms with E-state index < -0.39 is 0 Å². The van der Waals surface area contributed by atoms with E-state index in [0.29, 0.717) is 17.0 Å². The minimum Gasteiger partial charge on any atom is -0.494 e. The number of amides is 1. The smallest absolute Gasteiger partial charge is 0.255 e. The van der Waals surface area contributed by atoms with Crippen molar-refractivity contribution < 1.29 is 9.53 Å². The molecular weight excluding hydrogens is 397 g/mol. The fourth-order valence-corrected chi connectivity index (χ4v) is 3.53. The number of rotatable bonds is 4. The molecule has 0 spiro atoms. The third-order valence-electron chi connectivity index (χ3n) is 4.27. The number of imidazole rings is 1. The van der Waals surface area contributed by atoms with Crippen LogP contribution in [0.2, 0.25) is 10.0 Å². The summed E-state index contributed by atoms with van der Waals surface area (Å²) in [5, 5.41) is 3.38. The molecule has 2 N–H and O–H groups in total. The third-order valence-corrected chi connectivity index (χ3v) is 4.83. The Morgan fingerprint density at radius 2 is 1.71 bits per heavy atom. The zero-order chi connectivity index (χ0) is 19.7. The van der Waals surface area contributed by atoms with Gasteiger partial charge in [0.1, 0.15) is 5.82 Å². The number of nitrogens with one attached hydrogen (secondary N) is 2. The highest BCUT2D eigenvalue weighted by Gasteiger charge is 2.14. The van der Waals surface area contributed by atoms with E-state index in [4.69, 9.17) is 27.9 Å². The number of benzene rings is 3. The van der Waals surface area contributed by atoms with Crippen LogP contribution >= 0.6 is 23.2 Å². The largest absolute Gasteiger partial charge is 0.494 e. The van der Waals surface area contributed by atoms with Crippen LogP contribution in [-0.4, -0.2) is 23.0 Å². The number of halogens is 2. The zero-order valence-electron chi connectivity index (χ0n) is 14.8. The van der Waals surface area contributed by atoms with Crippen LogP contribution in [0.25, 0.3) is 22.4 Å². The first kappa shape index (κ1) is 18.3. The second-order valence-corrected chi connectivity index (χ2v) is 6.92. The maximum Gasteiger partial charge on any atom is 0.255 e. The predicted molar refractivity (Wildman–Crippen MR) is 112 cm³/mol. The average molecular weight is 412 g/mol. The fourth-order valence-electron chi connectivity index (χ4n) is 2.89. The molecule has 0 saturated heterocycles. The number of H-pyrrole nitrogens is 1. The molecule has 0 unspecified atom stereocenters. The molecule has 0 fully saturated rings. The van der Waals surface area contributed by atoms with E-state index in [-0.39, 0.29) is 16.0 Å². The topological polar surface area (TPSA) is 67.0 Å². The lowest BCUT2D eigenvalue weighted by atomic mass is 10.1. The Balaban J connectivity index is 1.53. The number of hydrogen-bond acceptors (Lipinski definition) is 3. The molecule has 140 valence electrons. The van der Waals surface area contributed by atoms with Crippen LogP contribution in [0.1, 0.15) is 10.4 Å². The molecule has 0 radical (unpaired) electrons. The molecule has 1 heterocycles. The second-order valence-electron chi connectivity index (χ2n) is 6.11. The van der Waals surface area contributed by atoms with Gasteiger partial charge in [0.25, 0.3) is 5.91 Å². The number of ether oxygens (including phenoxy) is 1. The molecule has 4 aromatic rings. The van der Waals surface area contributed by atoms with Gasteiger partial charge in [0.2, 0.25) is 0 Å². The van der Waals surface area contributed by atoms with Crippen molar-refractivity contribution in [3.63, 3.8) is 0 Å². The number of fused-ring (bicyclic) bond motifs is 1. The first-order valence-corrected chi connectivity index (χ1v) is 9.20. The number of aromatic amines is 1. The van der Waals surface area contributed by atoms with Crippen molar-refractivity contribution in [2.75, 3.05) is 12.4 Å². The van der Waals surface area contributed by atoms with Gasteiger partial charge in [-0.2, -0.15) is 0 Å². The second kappa shape index (κ2) is 7.54. The molecule has 0 aliphatic rings. The van der Waals surface area contributed by atoms with Crippen molar-refractivity contribution in [1.82, 2.24) is 9.97 Å². The van der Waals surface area contributed by atoms with Gasteiger partial charge in [-0.05, 0) is 48.5 Å². The Kier molecular flexibility index (Phi) is 4.94. The maximum atomic E-state index is 12.5. The Hall–Kier alpha value is -3.02. The lowest BCUT2D eigenvalue weighted by Gasteiger charge is -2.10. The quantitative estimate of drug-likeness (QED) is 0.445. The van der Waals surface area contributed by atoms with Crippen LogP contribution in [0.3, 0.4) is 0 Å². The molecule has 0 atom stereocenters. The standard InChI is InChI=1S/C21H15Cl2N3O2/c1-28-19-15(22)10-13(11-16(19)23)21(27)24-14-8-6-12(7-9-14)20-25-17-4-2-3-5-18(17)26-20/h2-11H,1H3,(H,24,27)(H,25,26). The number of methoxy groups -OCH3 is 1. The van der Waals surface area contributed by atoms with Crippen molar-refractivity contribution in [1.29, 1.82) is 0 Å². The average Bonchev–Trinajstić information content (AvgIpc) is 3.12. The number of anilines is 1. The number of hydrogen-bond donors (Lipinski definition) is 2. The van der Waals surface area contributed by atoms with Crippen LogP contribution in [0.15, 0.2) is 60.7 Å². The first-order valence-electron chi connectivity index (χ1n) is 8.45. The third kappa shape index (κ3) is 3.54. The molecule has 7 heteroatoms. The van der Waals surface area contributed by atoms with Gasteiger partial charge in [-0.25, -0.2) is 4.98 Å². The molecule has 0 bridgehead atoms. The molecule has 5 nitrogen and oxygen atoms in total. The summed E-state index contributed by atoms with van der Waals surface area (Å²) in [7, 11) is 1.47. The molecule has 0 aliphatic heterocycles. The summed E-state index contributed by atoms with van der Waals surface area (Å²) in [4.78, 5) is 20.4. The van der Waals surface area contributed by atoms with Gasteiger partial charge >= 0.3 is 0 Å². The maximum absolute atomic E-state index is 12.5. The van der Waals surface area contributed by atoms with Crippen molar-refractivity contribution in [2.45, 2.75) is 0 Å². The van der Waals surface area contributed by atoms with Gasteiger partial charge in [0.15, 0.2) is 5.75 Å². The van der Waals surface area contributed by atoms with Crippen molar-refractivity contribution >= 4 is 45.8 Å². The van der Waals surface area contributed by atoms with Gasteiger partial charge in [0.05, 0.1) is 28.2 Å². The number of carbonyl (C=O) groups is 1. The van der Waals surface area contributed by atoms with E-state index in [1.165, 1.54) is 19.2 Å². The van der Waals surface area contributed by atoms with Crippen molar-refractivity contribution in [3.8, 4) is 17.1 Å². The van der Waals surface area contributed by atoms with Crippen molar-refractivity contribution in [3.05, 3.63) is 76.3 Å². The number of nitrogens with zero attached hydrogens (tertiary/aromatic N) is 1. The molecular formula is C21H15Cl2N3O2.